The summed E-state index contributed by atoms with van der Waals surface area (Å²) in [7, 11) is 0. The van der Waals surface area contributed by atoms with Crippen LogP contribution in [0.1, 0.15) is 31.2 Å². The van der Waals surface area contributed by atoms with Gasteiger partial charge in [0.25, 0.3) is 0 Å². The largest absolute Gasteiger partial charge is 0.326 e. The molecule has 0 unspecified atom stereocenters. The molecule has 0 radical (unpaired) electrons. The Morgan fingerprint density at radius 2 is 1.88 bits per heavy atom. The number of rotatable bonds is 1. The molecule has 1 aromatic rings. The zero-order valence-electron chi connectivity index (χ0n) is 9.73. The molecule has 2 fully saturated rings. The maximum Gasteiger partial charge on any atom is 0.0613 e. The number of nitrogens with zero attached hydrogens (tertiary/aromatic N) is 1. The van der Waals surface area contributed by atoms with E-state index in [1.165, 1.54) is 44.3 Å². The third kappa shape index (κ3) is 1.33. The molecular weight excluding hydrogens is 196 g/mol. The quantitative estimate of drug-likeness (QED) is 0.779. The molecule has 0 aliphatic carbocycles. The fourth-order valence-corrected chi connectivity index (χ4v) is 3.64. The summed E-state index contributed by atoms with van der Waals surface area (Å²) < 4.78 is 0. The van der Waals surface area contributed by atoms with Crippen molar-refractivity contribution < 1.29 is 0 Å². The van der Waals surface area contributed by atoms with Crippen molar-refractivity contribution in [3.63, 3.8) is 0 Å². The summed E-state index contributed by atoms with van der Waals surface area (Å²) in [6, 6.07) is 11.2. The van der Waals surface area contributed by atoms with E-state index in [4.69, 9.17) is 5.73 Å². The van der Waals surface area contributed by atoms with Crippen LogP contribution in [0.15, 0.2) is 30.3 Å². The molecule has 2 aliphatic heterocycles. The second kappa shape index (κ2) is 3.86. The molecule has 0 aromatic heterocycles. The van der Waals surface area contributed by atoms with Gasteiger partial charge in [-0.25, -0.2) is 0 Å². The minimum Gasteiger partial charge on any atom is -0.326 e. The third-order valence-electron chi connectivity index (χ3n) is 4.38. The number of hydrogen-bond acceptors (Lipinski definition) is 2. The Kier molecular flexibility index (Phi) is 2.49. The lowest BCUT2D eigenvalue weighted by molar-refractivity contribution is 0.0661. The minimum absolute atomic E-state index is 0.152. The van der Waals surface area contributed by atoms with Crippen LogP contribution in [0.25, 0.3) is 0 Å². The van der Waals surface area contributed by atoms with Gasteiger partial charge in [-0.1, -0.05) is 30.3 Å². The van der Waals surface area contributed by atoms with Gasteiger partial charge in [-0.05, 0) is 44.3 Å². The highest BCUT2D eigenvalue weighted by Gasteiger charge is 2.48. The molecule has 1 aromatic carbocycles. The van der Waals surface area contributed by atoms with E-state index in [0.29, 0.717) is 6.04 Å². The lowest BCUT2D eigenvalue weighted by Gasteiger charge is -2.47. The third-order valence-corrected chi connectivity index (χ3v) is 4.38. The fraction of sp³-hybridized carbons (Fsp3) is 0.571. The second-order valence-electron chi connectivity index (χ2n) is 5.13. The lowest BCUT2D eigenvalue weighted by Crippen LogP contribution is -2.57. The molecule has 2 heterocycles. The van der Waals surface area contributed by atoms with Crippen molar-refractivity contribution >= 4 is 0 Å². The summed E-state index contributed by atoms with van der Waals surface area (Å²) in [5, 5.41) is 0. The van der Waals surface area contributed by atoms with Crippen LogP contribution in [0.5, 0.6) is 0 Å². The van der Waals surface area contributed by atoms with Gasteiger partial charge in [0.1, 0.15) is 0 Å². The number of hydrogen-bond donors (Lipinski definition) is 1. The van der Waals surface area contributed by atoms with Crippen LogP contribution in [-0.2, 0) is 5.54 Å². The first-order chi connectivity index (χ1) is 7.84. The van der Waals surface area contributed by atoms with Crippen LogP contribution in [0.4, 0.5) is 0 Å². The average molecular weight is 216 g/mol. The standard InChI is InChI=1S/C14H20N2/c15-13-8-4-10-16-11-5-9-14(13,16)12-6-2-1-3-7-12/h1-3,6-7,13H,4-5,8-11,15H2/t13-,14+/m1/s1. The topological polar surface area (TPSA) is 29.3 Å². The van der Waals surface area contributed by atoms with E-state index >= 15 is 0 Å². The van der Waals surface area contributed by atoms with Crippen molar-refractivity contribution in [3.05, 3.63) is 35.9 Å². The minimum atomic E-state index is 0.152. The Balaban J connectivity index is 2.05. The molecule has 2 nitrogen and oxygen atoms in total. The monoisotopic (exact) mass is 216 g/mol. The molecule has 0 bridgehead atoms. The SMILES string of the molecule is N[C@@H]1CCCN2CCC[C@]12c1ccccc1. The van der Waals surface area contributed by atoms with Gasteiger partial charge in [0, 0.05) is 6.04 Å². The van der Waals surface area contributed by atoms with Crippen molar-refractivity contribution in [2.75, 3.05) is 13.1 Å². The summed E-state index contributed by atoms with van der Waals surface area (Å²) in [5.74, 6) is 0. The van der Waals surface area contributed by atoms with Crippen molar-refractivity contribution in [2.45, 2.75) is 37.3 Å². The summed E-state index contributed by atoms with van der Waals surface area (Å²) in [4.78, 5) is 2.62. The van der Waals surface area contributed by atoms with E-state index in [1.807, 2.05) is 0 Å². The van der Waals surface area contributed by atoms with E-state index in [-0.39, 0.29) is 5.54 Å². The summed E-state index contributed by atoms with van der Waals surface area (Å²) in [5.41, 5.74) is 8.03. The van der Waals surface area contributed by atoms with Crippen LogP contribution in [0.3, 0.4) is 0 Å². The molecule has 2 heteroatoms. The Morgan fingerprint density at radius 3 is 2.69 bits per heavy atom. The predicted molar refractivity (Wildman–Crippen MR) is 66.1 cm³/mol. The van der Waals surface area contributed by atoms with Gasteiger partial charge < -0.3 is 5.73 Å². The van der Waals surface area contributed by atoms with Gasteiger partial charge in [-0.3, -0.25) is 4.90 Å². The highest BCUT2D eigenvalue weighted by atomic mass is 15.2. The highest BCUT2D eigenvalue weighted by molar-refractivity contribution is 5.29. The van der Waals surface area contributed by atoms with Crippen LogP contribution in [0, 0.1) is 0 Å². The Morgan fingerprint density at radius 1 is 1.12 bits per heavy atom. The van der Waals surface area contributed by atoms with Gasteiger partial charge in [0.05, 0.1) is 5.54 Å². The Labute approximate surface area is 97.4 Å². The molecular formula is C14H20N2. The van der Waals surface area contributed by atoms with Crippen LogP contribution >= 0.6 is 0 Å². The van der Waals surface area contributed by atoms with Crippen molar-refractivity contribution in [1.82, 2.24) is 4.90 Å². The zero-order chi connectivity index (χ0) is 11.0. The van der Waals surface area contributed by atoms with Gasteiger partial charge in [-0.2, -0.15) is 0 Å². The predicted octanol–water partition coefficient (Wildman–Crippen LogP) is 2.10. The molecule has 2 atom stereocenters. The van der Waals surface area contributed by atoms with Crippen molar-refractivity contribution in [2.24, 2.45) is 5.73 Å². The molecule has 16 heavy (non-hydrogen) atoms. The van der Waals surface area contributed by atoms with Gasteiger partial charge in [0.2, 0.25) is 0 Å². The summed E-state index contributed by atoms with van der Waals surface area (Å²) in [6.45, 7) is 2.45. The van der Waals surface area contributed by atoms with Crippen molar-refractivity contribution in [3.8, 4) is 0 Å². The summed E-state index contributed by atoms with van der Waals surface area (Å²) in [6.07, 6.45) is 4.96. The first-order valence-electron chi connectivity index (χ1n) is 6.40. The van der Waals surface area contributed by atoms with Gasteiger partial charge in [0.15, 0.2) is 0 Å². The maximum absolute atomic E-state index is 6.45. The van der Waals surface area contributed by atoms with Crippen LogP contribution in [-0.4, -0.2) is 24.0 Å². The molecule has 0 saturated carbocycles. The highest BCUT2D eigenvalue weighted by Crippen LogP contribution is 2.44. The Bertz CT molecular complexity index is 362. The molecule has 2 N–H and O–H groups in total. The van der Waals surface area contributed by atoms with E-state index in [0.717, 1.165) is 0 Å². The van der Waals surface area contributed by atoms with E-state index < -0.39 is 0 Å². The first-order valence-corrected chi connectivity index (χ1v) is 6.40. The smallest absolute Gasteiger partial charge is 0.0613 e. The number of nitrogens with two attached hydrogens (primary N) is 1. The van der Waals surface area contributed by atoms with E-state index in [2.05, 4.69) is 35.2 Å². The van der Waals surface area contributed by atoms with Gasteiger partial charge >= 0.3 is 0 Å². The number of fused-ring (bicyclic) bond motifs is 1. The van der Waals surface area contributed by atoms with Crippen molar-refractivity contribution in [1.29, 1.82) is 0 Å². The summed E-state index contributed by atoms with van der Waals surface area (Å²) >= 11 is 0. The second-order valence-corrected chi connectivity index (χ2v) is 5.13. The Hall–Kier alpha value is -0.860. The molecule has 0 spiro atoms. The van der Waals surface area contributed by atoms with Gasteiger partial charge in [-0.15, -0.1) is 0 Å². The first kappa shape index (κ1) is 10.3. The van der Waals surface area contributed by atoms with E-state index in [9.17, 15) is 0 Å². The average Bonchev–Trinajstić information content (AvgIpc) is 2.76. The number of piperidine rings is 1. The molecule has 0 amide bonds. The maximum atomic E-state index is 6.45. The molecule has 3 rings (SSSR count). The van der Waals surface area contributed by atoms with Crippen LogP contribution in [0.2, 0.25) is 0 Å². The normalized spacial score (nSPS) is 34.9. The zero-order valence-corrected chi connectivity index (χ0v) is 9.73. The molecule has 86 valence electrons. The fourth-order valence-electron chi connectivity index (χ4n) is 3.64. The van der Waals surface area contributed by atoms with E-state index in [1.54, 1.807) is 0 Å². The molecule has 2 saturated heterocycles. The lowest BCUT2D eigenvalue weighted by atomic mass is 9.76. The van der Waals surface area contributed by atoms with Crippen LogP contribution < -0.4 is 5.73 Å². The number of benzene rings is 1. The molecule has 2 aliphatic rings.